The number of nitrogens with zero attached hydrogens (tertiary/aromatic N) is 3. The predicted octanol–water partition coefficient (Wildman–Crippen LogP) is 3.21. The number of unbranched alkanes of at least 4 members (excludes halogenated alkanes) is 9. The molecule has 0 radical (unpaired) electrons. The zero-order chi connectivity index (χ0) is 25.8. The van der Waals surface area contributed by atoms with Gasteiger partial charge in [-0.25, -0.2) is 0 Å². The van der Waals surface area contributed by atoms with E-state index < -0.39 is 5.54 Å². The molecule has 0 saturated heterocycles. The van der Waals surface area contributed by atoms with Crippen molar-refractivity contribution in [2.75, 3.05) is 20.1 Å². The summed E-state index contributed by atoms with van der Waals surface area (Å²) >= 11 is 0. The second kappa shape index (κ2) is 18.9. The first-order valence-corrected chi connectivity index (χ1v) is 13.0. The van der Waals surface area contributed by atoms with Crippen molar-refractivity contribution in [2.45, 2.75) is 109 Å². The molecular weight excluding hydrogens is 428 g/mol. The molecule has 198 valence electrons. The Morgan fingerprint density at radius 1 is 0.794 bits per heavy atom. The lowest BCUT2D eigenvalue weighted by atomic mass is 9.83. The number of hydrogen-bond donors (Lipinski definition) is 7. The molecule has 0 spiro atoms. The Balaban J connectivity index is 5.23. The van der Waals surface area contributed by atoms with Crippen molar-refractivity contribution >= 4 is 23.7 Å². The van der Waals surface area contributed by atoms with E-state index in [4.69, 9.17) is 33.8 Å². The number of nitrogens with one attached hydrogen (secondary N) is 3. The van der Waals surface area contributed by atoms with E-state index in [0.717, 1.165) is 83.6 Å². The second-order valence-corrected chi connectivity index (χ2v) is 8.98. The molecule has 10 heteroatoms. The van der Waals surface area contributed by atoms with Crippen molar-refractivity contribution < 1.29 is 0 Å². The molecule has 0 aliphatic heterocycles. The third kappa shape index (κ3) is 12.1. The summed E-state index contributed by atoms with van der Waals surface area (Å²) in [4.78, 5) is 9.92. The third-order valence-electron chi connectivity index (χ3n) is 6.19. The maximum absolute atomic E-state index is 8.48. The summed E-state index contributed by atoms with van der Waals surface area (Å²) < 4.78 is 0. The molecule has 34 heavy (non-hydrogen) atoms. The smallest absolute Gasteiger partial charge is 0.199 e. The highest BCUT2D eigenvalue weighted by Crippen LogP contribution is 2.30. The molecule has 0 aromatic heterocycles. The molecule has 0 heterocycles. The van der Waals surface area contributed by atoms with Crippen LogP contribution in [-0.2, 0) is 0 Å². The van der Waals surface area contributed by atoms with Crippen LogP contribution in [0.2, 0.25) is 0 Å². The molecule has 10 nitrogen and oxygen atoms in total. The Morgan fingerprint density at radius 3 is 1.79 bits per heavy atom. The summed E-state index contributed by atoms with van der Waals surface area (Å²) in [6.45, 7) is 5.67. The fourth-order valence-corrected chi connectivity index (χ4v) is 4.15. The molecule has 11 N–H and O–H groups in total. The summed E-state index contributed by atoms with van der Waals surface area (Å²) in [5.74, 6) is 0.447. The van der Waals surface area contributed by atoms with E-state index in [2.05, 4.69) is 29.1 Å². The Bertz CT molecular complexity index is 617. The Hall–Kier alpha value is -2.52. The zero-order valence-corrected chi connectivity index (χ0v) is 22.0. The minimum absolute atomic E-state index is 0.0104. The van der Waals surface area contributed by atoms with Gasteiger partial charge >= 0.3 is 0 Å². The lowest BCUT2D eigenvalue weighted by Crippen LogP contribution is -2.65. The molecular formula is C24H52N10. The number of amidine groups is 1. The first kappa shape index (κ1) is 31.5. The Morgan fingerprint density at radius 2 is 1.32 bits per heavy atom. The first-order valence-electron chi connectivity index (χ1n) is 13.0. The standard InChI is InChI=1S/C24H52N10/c1-4-6-8-12-16-24(20(25)26,17-13-9-7-5-2)34(21(27)28)23(30)33-19-15-11-10-14-18-32-22(29)31-3/h4-19H2,1-3H3,(H3,25,26)(H3,27,28)(H2,30,33)(H3,29,31,32). The van der Waals surface area contributed by atoms with Crippen LogP contribution in [-0.4, -0.2) is 54.3 Å². The van der Waals surface area contributed by atoms with Gasteiger partial charge in [0.2, 0.25) is 0 Å². The molecule has 0 aromatic rings. The van der Waals surface area contributed by atoms with Crippen molar-refractivity contribution in [3.05, 3.63) is 0 Å². The van der Waals surface area contributed by atoms with E-state index in [-0.39, 0.29) is 17.8 Å². The van der Waals surface area contributed by atoms with E-state index >= 15 is 0 Å². The van der Waals surface area contributed by atoms with Crippen molar-refractivity contribution in [3.63, 3.8) is 0 Å². The summed E-state index contributed by atoms with van der Waals surface area (Å²) in [5.41, 5.74) is 23.3. The number of nitrogens with two attached hydrogens (primary N) is 4. The van der Waals surface area contributed by atoms with Crippen molar-refractivity contribution in [3.8, 4) is 0 Å². The highest BCUT2D eigenvalue weighted by Gasteiger charge is 2.42. The average Bonchev–Trinajstić information content (AvgIpc) is 2.80. The number of hydrogen-bond acceptors (Lipinski definition) is 4. The second-order valence-electron chi connectivity index (χ2n) is 8.98. The van der Waals surface area contributed by atoms with Crippen LogP contribution in [0.4, 0.5) is 0 Å². The van der Waals surface area contributed by atoms with Gasteiger partial charge in [-0.15, -0.1) is 0 Å². The topological polar surface area (TPSA) is 192 Å². The monoisotopic (exact) mass is 480 g/mol. The lowest BCUT2D eigenvalue weighted by molar-refractivity contribution is 0.278. The van der Waals surface area contributed by atoms with Gasteiger partial charge in [0.15, 0.2) is 17.9 Å². The van der Waals surface area contributed by atoms with Crippen LogP contribution < -0.4 is 28.3 Å². The lowest BCUT2D eigenvalue weighted by Gasteiger charge is -2.43. The summed E-state index contributed by atoms with van der Waals surface area (Å²) in [7, 11) is 1.66. The van der Waals surface area contributed by atoms with Crippen molar-refractivity contribution in [1.82, 2.24) is 10.2 Å². The highest BCUT2D eigenvalue weighted by molar-refractivity contribution is 6.03. The Labute approximate surface area is 207 Å². The van der Waals surface area contributed by atoms with Crippen LogP contribution >= 0.6 is 0 Å². The van der Waals surface area contributed by atoms with Gasteiger partial charge in [0, 0.05) is 20.1 Å². The van der Waals surface area contributed by atoms with E-state index in [1.165, 1.54) is 4.90 Å². The first-order chi connectivity index (χ1) is 16.3. The van der Waals surface area contributed by atoms with Crippen LogP contribution in [0.25, 0.3) is 0 Å². The number of rotatable bonds is 19. The average molecular weight is 481 g/mol. The number of guanidine groups is 3. The van der Waals surface area contributed by atoms with Gasteiger partial charge in [-0.1, -0.05) is 78.1 Å². The van der Waals surface area contributed by atoms with Gasteiger partial charge in [0.05, 0.1) is 0 Å². The van der Waals surface area contributed by atoms with E-state index in [0.29, 0.717) is 25.3 Å². The summed E-state index contributed by atoms with van der Waals surface area (Å²) in [6.07, 6.45) is 13.6. The minimum Gasteiger partial charge on any atom is -0.386 e. The van der Waals surface area contributed by atoms with Crippen LogP contribution in [0.1, 0.15) is 104 Å². The van der Waals surface area contributed by atoms with Crippen molar-refractivity contribution in [2.24, 2.45) is 32.9 Å². The largest absolute Gasteiger partial charge is 0.386 e. The maximum atomic E-state index is 8.48. The fourth-order valence-electron chi connectivity index (χ4n) is 4.15. The summed E-state index contributed by atoms with van der Waals surface area (Å²) in [5, 5.41) is 19.8. The van der Waals surface area contributed by atoms with Gasteiger partial charge in [-0.05, 0) is 25.7 Å². The molecule has 0 saturated carbocycles. The van der Waals surface area contributed by atoms with Crippen LogP contribution in [0.3, 0.4) is 0 Å². The van der Waals surface area contributed by atoms with Crippen LogP contribution in [0.15, 0.2) is 9.98 Å². The van der Waals surface area contributed by atoms with E-state index in [1.54, 1.807) is 7.05 Å². The van der Waals surface area contributed by atoms with Gasteiger partial charge in [-0.2, -0.15) is 0 Å². The SMILES string of the molecule is CCCCCCC(CCCCCC)(C(=N)N)N(C(=N)N)C(N)=NCCCCCCNC(N)=NC. The molecule has 0 unspecified atom stereocenters. The normalized spacial score (nSPS) is 12.6. The van der Waals surface area contributed by atoms with Crippen molar-refractivity contribution in [1.29, 1.82) is 10.8 Å². The quantitative estimate of drug-likeness (QED) is 0.0842. The zero-order valence-electron chi connectivity index (χ0n) is 22.0. The van der Waals surface area contributed by atoms with Crippen LogP contribution in [0.5, 0.6) is 0 Å². The number of aliphatic imine (C=N–C) groups is 2. The molecule has 0 amide bonds. The maximum Gasteiger partial charge on any atom is 0.199 e. The minimum atomic E-state index is -0.896. The predicted molar refractivity (Wildman–Crippen MR) is 146 cm³/mol. The molecule has 0 bridgehead atoms. The van der Waals surface area contributed by atoms with E-state index in [1.807, 2.05) is 0 Å². The highest BCUT2D eigenvalue weighted by atomic mass is 15.4. The molecule has 0 aliphatic carbocycles. The molecule has 0 aromatic carbocycles. The fraction of sp³-hybridized carbons (Fsp3) is 0.833. The molecule has 0 rings (SSSR count). The molecule has 0 fully saturated rings. The van der Waals surface area contributed by atoms with Gasteiger partial charge in [0.25, 0.3) is 0 Å². The Kier molecular flexibility index (Phi) is 17.5. The van der Waals surface area contributed by atoms with Crippen LogP contribution in [0, 0.1) is 10.8 Å². The summed E-state index contributed by atoms with van der Waals surface area (Å²) in [6, 6.07) is 0. The molecule has 0 atom stereocenters. The van der Waals surface area contributed by atoms with Gasteiger partial charge in [-0.3, -0.25) is 25.7 Å². The molecule has 0 aliphatic rings. The van der Waals surface area contributed by atoms with Gasteiger partial charge < -0.3 is 28.3 Å². The van der Waals surface area contributed by atoms with Gasteiger partial charge in [0.1, 0.15) is 11.4 Å². The third-order valence-corrected chi connectivity index (χ3v) is 6.19. The van der Waals surface area contributed by atoms with E-state index in [9.17, 15) is 0 Å².